The number of methoxy groups -OCH3 is 1. The molecule has 0 heterocycles. The van der Waals surface area contributed by atoms with Crippen LogP contribution in [0.2, 0.25) is 0 Å². The normalized spacial score (nSPS) is 11.7. The van der Waals surface area contributed by atoms with Crippen LogP contribution in [0.3, 0.4) is 0 Å². The molecule has 0 saturated carbocycles. The Labute approximate surface area is 58.1 Å². The zero-order valence-electron chi connectivity index (χ0n) is 5.23. The van der Waals surface area contributed by atoms with E-state index in [0.717, 1.165) is 7.11 Å². The van der Waals surface area contributed by atoms with Gasteiger partial charge in [0.2, 0.25) is 6.04 Å². The summed E-state index contributed by atoms with van der Waals surface area (Å²) >= 11 is 0. The Kier molecular flexibility index (Phi) is 3.31. The lowest BCUT2D eigenvalue weighted by Gasteiger charge is -2.00. The maximum Gasteiger partial charge on any atom is 0.341 e. The van der Waals surface area contributed by atoms with Crippen molar-refractivity contribution in [2.75, 3.05) is 7.11 Å². The number of esters is 1. The van der Waals surface area contributed by atoms with E-state index in [9.17, 15) is 14.5 Å². The molecule has 0 aromatic rings. The Balaban J connectivity index is 4.20. The number of hydrogen-bond donors (Lipinski definition) is 0. The van der Waals surface area contributed by atoms with Gasteiger partial charge in [0.15, 0.2) is 7.85 Å². The van der Waals surface area contributed by atoms with Crippen molar-refractivity contribution in [2.24, 2.45) is 5.18 Å². The molecule has 10 heavy (non-hydrogen) atoms. The third-order valence-corrected chi connectivity index (χ3v) is 0.799. The second kappa shape index (κ2) is 3.76. The zero-order chi connectivity index (χ0) is 8.15. The average Bonchev–Trinajstić information content (AvgIpc) is 1.88. The van der Waals surface area contributed by atoms with E-state index >= 15 is 0 Å². The first-order chi connectivity index (χ1) is 4.63. The smallest absolute Gasteiger partial charge is 0.341 e. The first kappa shape index (κ1) is 8.80. The molecule has 5 nitrogen and oxygen atoms in total. The highest BCUT2D eigenvalue weighted by Crippen LogP contribution is 1.92. The van der Waals surface area contributed by atoms with Crippen LogP contribution in [0.5, 0.6) is 0 Å². The predicted molar refractivity (Wildman–Crippen MR) is 32.4 cm³/mol. The first-order valence-corrected chi connectivity index (χ1v) is 2.33. The average molecular weight is 141 g/mol. The topological polar surface area (TPSA) is 72.8 Å². The molecule has 6 heteroatoms. The fourth-order valence-corrected chi connectivity index (χ4v) is 0.323. The van der Waals surface area contributed by atoms with E-state index in [1.54, 1.807) is 0 Å². The number of ether oxygens (including phenoxy) is 1. The van der Waals surface area contributed by atoms with Gasteiger partial charge in [-0.1, -0.05) is 0 Å². The molecule has 0 bridgehead atoms. The number of carbonyl (C=O) groups excluding carboxylic acids is 2. The van der Waals surface area contributed by atoms with Gasteiger partial charge in [-0.3, -0.25) is 0 Å². The van der Waals surface area contributed by atoms with Gasteiger partial charge in [-0.2, -0.15) is 0 Å². The maximum atomic E-state index is 10.4. The van der Waals surface area contributed by atoms with E-state index in [1.165, 1.54) is 0 Å². The molecule has 0 aliphatic heterocycles. The molecule has 0 rings (SSSR count). The predicted octanol–water partition coefficient (Wildman–Crippen LogP) is -1.01. The van der Waals surface area contributed by atoms with E-state index in [2.05, 4.69) is 17.8 Å². The summed E-state index contributed by atoms with van der Waals surface area (Å²) in [5, 5.41) is 2.16. The molecule has 0 fully saturated rings. The number of nitroso groups, excluding NO2 is 1. The van der Waals surface area contributed by atoms with E-state index in [-0.39, 0.29) is 0 Å². The van der Waals surface area contributed by atoms with Gasteiger partial charge in [0, 0.05) is 0 Å². The van der Waals surface area contributed by atoms with Gasteiger partial charge in [0.25, 0.3) is 0 Å². The second-order valence-electron chi connectivity index (χ2n) is 1.43. The Morgan fingerprint density at radius 1 is 1.60 bits per heavy atom. The van der Waals surface area contributed by atoms with Crippen LogP contribution in [-0.4, -0.2) is 32.6 Å². The summed E-state index contributed by atoms with van der Waals surface area (Å²) in [6.07, 6.45) is 0. The number of hydrogen-bond acceptors (Lipinski definition) is 5. The van der Waals surface area contributed by atoms with Gasteiger partial charge in [-0.05, 0) is 5.18 Å². The van der Waals surface area contributed by atoms with Crippen molar-refractivity contribution in [1.82, 2.24) is 0 Å². The largest absolute Gasteiger partial charge is 0.467 e. The van der Waals surface area contributed by atoms with E-state index in [0.29, 0.717) is 0 Å². The van der Waals surface area contributed by atoms with Crippen LogP contribution < -0.4 is 0 Å². The lowest BCUT2D eigenvalue weighted by atomic mass is 9.96. The maximum absolute atomic E-state index is 10.4. The molecule has 0 N–H and O–H groups in total. The Morgan fingerprint density at radius 3 is 2.20 bits per heavy atom. The highest BCUT2D eigenvalue weighted by molar-refractivity contribution is 6.61. The molecule has 0 amide bonds. The van der Waals surface area contributed by atoms with E-state index in [1.807, 2.05) is 0 Å². The summed E-state index contributed by atoms with van der Waals surface area (Å²) in [4.78, 5) is 30.2. The van der Waals surface area contributed by atoms with E-state index < -0.39 is 17.7 Å². The molecule has 0 spiro atoms. The minimum Gasteiger partial charge on any atom is -0.467 e. The Morgan fingerprint density at radius 2 is 2.10 bits per heavy atom. The lowest BCUT2D eigenvalue weighted by molar-refractivity contribution is -0.143. The standard InChI is InChI=1S/C4H4BNO4/c1-10-4(8)2(6-9)3(5)7/h2H,1H3. The summed E-state index contributed by atoms with van der Waals surface area (Å²) in [6.45, 7) is 0. The fraction of sp³-hybridized carbons (Fsp3) is 0.500. The van der Waals surface area contributed by atoms with Crippen molar-refractivity contribution >= 4 is 19.5 Å². The van der Waals surface area contributed by atoms with Gasteiger partial charge >= 0.3 is 5.97 Å². The monoisotopic (exact) mass is 141 g/mol. The van der Waals surface area contributed by atoms with Gasteiger partial charge in [0.05, 0.1) is 7.11 Å². The van der Waals surface area contributed by atoms with Crippen LogP contribution in [0.1, 0.15) is 0 Å². The SMILES string of the molecule is [B]C(=O)C(N=O)C(=O)OC. The van der Waals surface area contributed by atoms with Crippen LogP contribution >= 0.6 is 0 Å². The summed E-state index contributed by atoms with van der Waals surface area (Å²) in [7, 11) is 5.62. The number of rotatable bonds is 3. The minimum absolute atomic E-state index is 1.03. The molecular weight excluding hydrogens is 137 g/mol. The molecule has 0 aromatic carbocycles. The Hall–Kier alpha value is -1.20. The zero-order valence-corrected chi connectivity index (χ0v) is 5.23. The molecule has 0 saturated heterocycles. The first-order valence-electron chi connectivity index (χ1n) is 2.33. The number of nitrogens with zero attached hydrogens (tertiary/aromatic N) is 1. The summed E-state index contributed by atoms with van der Waals surface area (Å²) in [5.41, 5.74) is -1.11. The Bertz CT molecular complexity index is 169. The van der Waals surface area contributed by atoms with Crippen molar-refractivity contribution in [2.45, 2.75) is 6.04 Å². The fourth-order valence-electron chi connectivity index (χ4n) is 0.323. The third kappa shape index (κ3) is 1.96. The highest BCUT2D eigenvalue weighted by atomic mass is 16.5. The van der Waals surface area contributed by atoms with Crippen LogP contribution in [0.4, 0.5) is 0 Å². The lowest BCUT2D eigenvalue weighted by Crippen LogP contribution is -2.28. The van der Waals surface area contributed by atoms with Gasteiger partial charge < -0.3 is 9.53 Å². The molecular formula is C4H4BNO4. The molecule has 0 aliphatic rings. The van der Waals surface area contributed by atoms with Gasteiger partial charge in [0.1, 0.15) is 5.68 Å². The van der Waals surface area contributed by atoms with Crippen LogP contribution in [0, 0.1) is 4.91 Å². The number of carbonyl (C=O) groups is 2. The quantitative estimate of drug-likeness (QED) is 0.218. The molecule has 2 radical (unpaired) electrons. The van der Waals surface area contributed by atoms with Crippen molar-refractivity contribution < 1.29 is 14.3 Å². The highest BCUT2D eigenvalue weighted by Gasteiger charge is 2.23. The molecule has 0 aliphatic carbocycles. The van der Waals surface area contributed by atoms with Crippen molar-refractivity contribution in [1.29, 1.82) is 0 Å². The second-order valence-corrected chi connectivity index (χ2v) is 1.43. The summed E-state index contributed by atoms with van der Waals surface area (Å²) < 4.78 is 4.03. The molecule has 0 aromatic heterocycles. The summed E-state index contributed by atoms with van der Waals surface area (Å²) in [6, 6.07) is -1.72. The van der Waals surface area contributed by atoms with Crippen LogP contribution in [-0.2, 0) is 14.3 Å². The molecule has 52 valence electrons. The minimum atomic E-state index is -1.72. The molecule has 1 atom stereocenters. The summed E-state index contributed by atoms with van der Waals surface area (Å²) in [5.74, 6) is -1.04. The third-order valence-electron chi connectivity index (χ3n) is 0.799. The van der Waals surface area contributed by atoms with Crippen molar-refractivity contribution in [3.05, 3.63) is 4.91 Å². The van der Waals surface area contributed by atoms with Gasteiger partial charge in [-0.15, -0.1) is 4.91 Å². The van der Waals surface area contributed by atoms with Crippen LogP contribution in [0.25, 0.3) is 0 Å². The van der Waals surface area contributed by atoms with Gasteiger partial charge in [-0.25, -0.2) is 4.79 Å². The van der Waals surface area contributed by atoms with Crippen LogP contribution in [0.15, 0.2) is 5.18 Å². The van der Waals surface area contributed by atoms with E-state index in [4.69, 9.17) is 0 Å². The van der Waals surface area contributed by atoms with Crippen molar-refractivity contribution in [3.63, 3.8) is 0 Å². The van der Waals surface area contributed by atoms with Crippen molar-refractivity contribution in [3.8, 4) is 0 Å². The molecule has 1 unspecified atom stereocenters.